The van der Waals surface area contributed by atoms with Gasteiger partial charge in [0, 0.05) is 64.8 Å². The molecule has 27 heavy (non-hydrogen) atoms. The number of piperazine rings is 1. The Labute approximate surface area is 164 Å². The van der Waals surface area contributed by atoms with Gasteiger partial charge in [-0.2, -0.15) is 0 Å². The zero-order chi connectivity index (χ0) is 19.5. The molecule has 1 aromatic rings. The fraction of sp³-hybridized carbons (Fsp3) is 0.750. The Kier molecular flexibility index (Phi) is 9.31. The van der Waals surface area contributed by atoms with Crippen LogP contribution in [-0.2, 0) is 0 Å². The lowest BCUT2D eigenvalue weighted by molar-refractivity contribution is 0.260. The average Bonchev–Trinajstić information content (AvgIpc) is 2.68. The average molecular weight is 376 g/mol. The Bertz CT molecular complexity index is 539. The third-order valence-corrected chi connectivity index (χ3v) is 4.95. The molecule has 0 spiro atoms. The smallest absolute Gasteiger partial charge is 0.225 e. The lowest BCUT2D eigenvalue weighted by Crippen LogP contribution is -2.50. The molecule has 7 nitrogen and oxygen atoms in total. The monoisotopic (exact) mass is 375 g/mol. The van der Waals surface area contributed by atoms with Crippen LogP contribution >= 0.6 is 0 Å². The van der Waals surface area contributed by atoms with Crippen molar-refractivity contribution in [3.63, 3.8) is 0 Å². The molecule has 1 fully saturated rings. The topological polar surface area (TPSA) is 68.7 Å². The van der Waals surface area contributed by atoms with Crippen molar-refractivity contribution >= 4 is 11.9 Å². The third kappa shape index (κ3) is 8.12. The van der Waals surface area contributed by atoms with Gasteiger partial charge in [0.25, 0.3) is 0 Å². The number of aromatic nitrogens is 2. The van der Waals surface area contributed by atoms with Gasteiger partial charge in [0.15, 0.2) is 5.96 Å². The summed E-state index contributed by atoms with van der Waals surface area (Å²) in [6.45, 7) is 12.8. The molecule has 1 aromatic heterocycles. The van der Waals surface area contributed by atoms with E-state index in [-0.39, 0.29) is 0 Å². The molecular weight excluding hydrogens is 338 g/mol. The van der Waals surface area contributed by atoms with Crippen LogP contribution in [0.1, 0.15) is 40.0 Å². The molecule has 1 aliphatic heterocycles. The van der Waals surface area contributed by atoms with Crippen LogP contribution < -0.4 is 15.5 Å². The summed E-state index contributed by atoms with van der Waals surface area (Å²) < 4.78 is 0. The Morgan fingerprint density at radius 1 is 1.11 bits per heavy atom. The van der Waals surface area contributed by atoms with E-state index in [0.29, 0.717) is 6.04 Å². The van der Waals surface area contributed by atoms with Crippen molar-refractivity contribution in [2.45, 2.75) is 46.1 Å². The predicted octanol–water partition coefficient (Wildman–Crippen LogP) is 1.98. The summed E-state index contributed by atoms with van der Waals surface area (Å²) in [4.78, 5) is 17.8. The molecule has 0 amide bonds. The van der Waals surface area contributed by atoms with Crippen molar-refractivity contribution < 1.29 is 0 Å². The second-order valence-electron chi connectivity index (χ2n) is 7.75. The Balaban J connectivity index is 1.61. The van der Waals surface area contributed by atoms with Gasteiger partial charge in [-0.1, -0.05) is 26.7 Å². The molecule has 7 heteroatoms. The first-order valence-electron chi connectivity index (χ1n) is 10.3. The minimum absolute atomic E-state index is 0.448. The quantitative estimate of drug-likeness (QED) is 0.508. The number of nitrogens with one attached hydrogen (secondary N) is 2. The SMILES string of the molecule is CN=C(NCCN1CCN(c2ncccn2)CC1)NC(C)CCCC(C)C. The lowest BCUT2D eigenvalue weighted by Gasteiger charge is -2.34. The largest absolute Gasteiger partial charge is 0.355 e. The normalized spacial score (nSPS) is 17.2. The molecule has 0 bridgehead atoms. The molecule has 0 radical (unpaired) electrons. The van der Waals surface area contributed by atoms with Crippen LogP contribution in [0.5, 0.6) is 0 Å². The maximum atomic E-state index is 4.36. The molecule has 0 aromatic carbocycles. The highest BCUT2D eigenvalue weighted by atomic mass is 15.3. The van der Waals surface area contributed by atoms with Gasteiger partial charge in [-0.3, -0.25) is 9.89 Å². The maximum absolute atomic E-state index is 4.36. The number of nitrogens with zero attached hydrogens (tertiary/aromatic N) is 5. The molecule has 2 N–H and O–H groups in total. The van der Waals surface area contributed by atoms with Crippen LogP contribution in [0.4, 0.5) is 5.95 Å². The molecule has 152 valence electrons. The number of anilines is 1. The molecule has 1 unspecified atom stereocenters. The van der Waals surface area contributed by atoms with Gasteiger partial charge in [0.05, 0.1) is 0 Å². The van der Waals surface area contributed by atoms with Crippen molar-refractivity contribution in [3.05, 3.63) is 18.5 Å². The van der Waals surface area contributed by atoms with Crippen molar-refractivity contribution in [2.75, 3.05) is 51.2 Å². The first-order chi connectivity index (χ1) is 13.1. The fourth-order valence-electron chi connectivity index (χ4n) is 3.29. The molecule has 1 atom stereocenters. The lowest BCUT2D eigenvalue weighted by atomic mass is 10.0. The summed E-state index contributed by atoms with van der Waals surface area (Å²) >= 11 is 0. The van der Waals surface area contributed by atoms with Crippen molar-refractivity contribution in [1.82, 2.24) is 25.5 Å². The van der Waals surface area contributed by atoms with Gasteiger partial charge in [-0.15, -0.1) is 0 Å². The zero-order valence-corrected chi connectivity index (χ0v) is 17.5. The molecule has 0 aliphatic carbocycles. The summed E-state index contributed by atoms with van der Waals surface area (Å²) in [7, 11) is 1.84. The summed E-state index contributed by atoms with van der Waals surface area (Å²) in [6.07, 6.45) is 7.35. The van der Waals surface area contributed by atoms with E-state index in [2.05, 4.69) is 56.2 Å². The summed E-state index contributed by atoms with van der Waals surface area (Å²) in [5.74, 6) is 2.53. The van der Waals surface area contributed by atoms with E-state index in [9.17, 15) is 0 Å². The Hall–Kier alpha value is -1.89. The highest BCUT2D eigenvalue weighted by Gasteiger charge is 2.18. The summed E-state index contributed by atoms with van der Waals surface area (Å²) in [5.41, 5.74) is 0. The summed E-state index contributed by atoms with van der Waals surface area (Å²) in [5, 5.41) is 6.95. The fourth-order valence-corrected chi connectivity index (χ4v) is 3.29. The van der Waals surface area contributed by atoms with Gasteiger partial charge < -0.3 is 15.5 Å². The van der Waals surface area contributed by atoms with Crippen LogP contribution in [0.15, 0.2) is 23.5 Å². The highest BCUT2D eigenvalue weighted by Crippen LogP contribution is 2.09. The number of rotatable bonds is 9. The molecule has 2 rings (SSSR count). The summed E-state index contributed by atoms with van der Waals surface area (Å²) in [6, 6.07) is 2.31. The van der Waals surface area contributed by atoms with Crippen LogP contribution in [0.3, 0.4) is 0 Å². The van der Waals surface area contributed by atoms with Crippen LogP contribution in [-0.4, -0.2) is 73.2 Å². The van der Waals surface area contributed by atoms with E-state index >= 15 is 0 Å². The molecule has 2 heterocycles. The van der Waals surface area contributed by atoms with Gasteiger partial charge in [-0.05, 0) is 25.3 Å². The molecular formula is C20H37N7. The van der Waals surface area contributed by atoms with E-state index in [1.54, 1.807) is 12.4 Å². The number of hydrogen-bond donors (Lipinski definition) is 2. The number of guanidine groups is 1. The zero-order valence-electron chi connectivity index (χ0n) is 17.5. The van der Waals surface area contributed by atoms with E-state index in [0.717, 1.165) is 57.1 Å². The second kappa shape index (κ2) is 11.7. The minimum atomic E-state index is 0.448. The van der Waals surface area contributed by atoms with Crippen molar-refractivity contribution in [2.24, 2.45) is 10.9 Å². The Morgan fingerprint density at radius 2 is 1.81 bits per heavy atom. The van der Waals surface area contributed by atoms with Crippen molar-refractivity contribution in [3.8, 4) is 0 Å². The first kappa shape index (κ1) is 21.4. The maximum Gasteiger partial charge on any atom is 0.225 e. The van der Waals surface area contributed by atoms with Crippen molar-refractivity contribution in [1.29, 1.82) is 0 Å². The Morgan fingerprint density at radius 3 is 2.44 bits per heavy atom. The molecule has 0 saturated carbocycles. The van der Waals surface area contributed by atoms with Crippen LogP contribution in [0.25, 0.3) is 0 Å². The van der Waals surface area contributed by atoms with E-state index in [1.807, 2.05) is 13.1 Å². The van der Waals surface area contributed by atoms with E-state index < -0.39 is 0 Å². The molecule has 1 aliphatic rings. The van der Waals surface area contributed by atoms with E-state index in [1.165, 1.54) is 19.3 Å². The predicted molar refractivity (Wildman–Crippen MR) is 113 cm³/mol. The third-order valence-electron chi connectivity index (χ3n) is 4.95. The van der Waals surface area contributed by atoms with Gasteiger partial charge in [-0.25, -0.2) is 9.97 Å². The number of hydrogen-bond acceptors (Lipinski definition) is 5. The second-order valence-corrected chi connectivity index (χ2v) is 7.75. The molecule has 1 saturated heterocycles. The van der Waals surface area contributed by atoms with Crippen LogP contribution in [0.2, 0.25) is 0 Å². The van der Waals surface area contributed by atoms with Gasteiger partial charge in [0.1, 0.15) is 0 Å². The standard InChI is InChI=1S/C20H37N7/c1-17(2)7-5-8-18(3)25-19(21-4)22-11-12-26-13-15-27(16-14-26)20-23-9-6-10-24-20/h6,9-10,17-18H,5,7-8,11-16H2,1-4H3,(H2,21,22,25). The van der Waals surface area contributed by atoms with Gasteiger partial charge in [0.2, 0.25) is 5.95 Å². The van der Waals surface area contributed by atoms with Crippen LogP contribution in [0, 0.1) is 5.92 Å². The van der Waals surface area contributed by atoms with E-state index in [4.69, 9.17) is 0 Å². The minimum Gasteiger partial charge on any atom is -0.355 e. The van der Waals surface area contributed by atoms with Gasteiger partial charge >= 0.3 is 0 Å². The number of aliphatic imine (C=N–C) groups is 1. The highest BCUT2D eigenvalue weighted by molar-refractivity contribution is 5.79. The first-order valence-corrected chi connectivity index (χ1v) is 10.3.